The zero-order chi connectivity index (χ0) is 21.4. The van der Waals surface area contributed by atoms with E-state index in [2.05, 4.69) is 4.99 Å². The molecule has 0 aromatic heterocycles. The first-order valence-corrected chi connectivity index (χ1v) is 9.95. The van der Waals surface area contributed by atoms with Crippen LogP contribution in [-0.2, 0) is 4.79 Å². The van der Waals surface area contributed by atoms with E-state index < -0.39 is 0 Å². The molecule has 2 aliphatic rings. The van der Waals surface area contributed by atoms with Gasteiger partial charge in [-0.2, -0.15) is 0 Å². The van der Waals surface area contributed by atoms with Crippen molar-refractivity contribution in [3.63, 3.8) is 0 Å². The number of anilines is 1. The number of para-hydroxylation sites is 1. The van der Waals surface area contributed by atoms with E-state index in [0.717, 1.165) is 5.56 Å². The van der Waals surface area contributed by atoms with Crippen LogP contribution in [0, 0.1) is 0 Å². The van der Waals surface area contributed by atoms with Gasteiger partial charge in [0.1, 0.15) is 11.4 Å². The van der Waals surface area contributed by atoms with Gasteiger partial charge in [-0.3, -0.25) is 9.69 Å². The molecule has 5 rings (SSSR count). The van der Waals surface area contributed by atoms with Crippen LogP contribution in [0.15, 0.2) is 77.4 Å². The minimum absolute atomic E-state index is 0.189. The van der Waals surface area contributed by atoms with Gasteiger partial charge in [0.15, 0.2) is 17.3 Å². The van der Waals surface area contributed by atoms with Crippen LogP contribution >= 0.6 is 11.6 Å². The van der Waals surface area contributed by atoms with Crippen LogP contribution in [0.4, 0.5) is 5.69 Å². The highest BCUT2D eigenvalue weighted by molar-refractivity contribution is 6.34. The molecule has 0 saturated heterocycles. The van der Waals surface area contributed by atoms with E-state index in [4.69, 9.17) is 25.8 Å². The van der Waals surface area contributed by atoms with Crippen molar-refractivity contribution < 1.29 is 19.0 Å². The molecule has 7 heteroatoms. The Morgan fingerprint density at radius 2 is 1.81 bits per heavy atom. The first kappa shape index (κ1) is 19.2. The van der Waals surface area contributed by atoms with Crippen molar-refractivity contribution in [3.8, 4) is 17.2 Å². The Morgan fingerprint density at radius 3 is 2.61 bits per heavy atom. The largest absolute Gasteiger partial charge is 0.496 e. The molecule has 0 unspecified atom stereocenters. The summed E-state index contributed by atoms with van der Waals surface area (Å²) in [6, 6.07) is 20.0. The Labute approximate surface area is 183 Å². The summed E-state index contributed by atoms with van der Waals surface area (Å²) < 4.78 is 16.3. The van der Waals surface area contributed by atoms with Gasteiger partial charge in [-0.05, 0) is 60.2 Å². The molecule has 31 heavy (non-hydrogen) atoms. The van der Waals surface area contributed by atoms with Crippen LogP contribution in [0.5, 0.6) is 17.2 Å². The number of nitrogens with zero attached hydrogens (tertiary/aromatic N) is 2. The zero-order valence-electron chi connectivity index (χ0n) is 16.5. The van der Waals surface area contributed by atoms with Gasteiger partial charge in [-0.15, -0.1) is 0 Å². The lowest BCUT2D eigenvalue weighted by atomic mass is 10.1. The number of carbonyl (C=O) groups excluding carboxylic acids is 1. The number of methoxy groups -OCH3 is 1. The standard InChI is InChI=1S/C24H17ClN2O4/c1-29-20-5-3-2-4-18(20)23-26-19(12-15-6-11-21-22(13-15)31-14-30-21)24(28)27(23)17-9-7-16(25)8-10-17/h2-13H,14H2,1H3. The third-order valence-electron chi connectivity index (χ3n) is 4.99. The van der Waals surface area contributed by atoms with Crippen molar-refractivity contribution in [3.05, 3.63) is 88.6 Å². The molecule has 2 aliphatic heterocycles. The minimum atomic E-state index is -0.249. The molecule has 3 aromatic carbocycles. The lowest BCUT2D eigenvalue weighted by Gasteiger charge is -2.20. The summed E-state index contributed by atoms with van der Waals surface area (Å²) in [5.41, 5.74) is 2.46. The molecule has 2 heterocycles. The van der Waals surface area contributed by atoms with Gasteiger partial charge in [-0.1, -0.05) is 29.8 Å². The molecular weight excluding hydrogens is 416 g/mol. The SMILES string of the molecule is COc1ccccc1C1=NC(=Cc2ccc3c(c2)OCO3)C(=O)N1c1ccc(Cl)cc1. The lowest BCUT2D eigenvalue weighted by molar-refractivity contribution is -0.113. The Kier molecular flexibility index (Phi) is 4.84. The molecule has 3 aromatic rings. The van der Waals surface area contributed by atoms with Crippen LogP contribution < -0.4 is 19.1 Å². The van der Waals surface area contributed by atoms with Gasteiger partial charge in [0.05, 0.1) is 18.4 Å². The van der Waals surface area contributed by atoms with Gasteiger partial charge < -0.3 is 14.2 Å². The first-order valence-electron chi connectivity index (χ1n) is 9.57. The highest BCUT2D eigenvalue weighted by Crippen LogP contribution is 2.35. The van der Waals surface area contributed by atoms with E-state index >= 15 is 0 Å². The van der Waals surface area contributed by atoms with Crippen LogP contribution in [-0.4, -0.2) is 25.6 Å². The summed E-state index contributed by atoms with van der Waals surface area (Å²) in [6.45, 7) is 0.189. The van der Waals surface area contributed by atoms with Crippen LogP contribution in [0.25, 0.3) is 6.08 Å². The number of halogens is 1. The molecule has 154 valence electrons. The Balaban J connectivity index is 1.62. The number of hydrogen-bond donors (Lipinski definition) is 0. The highest BCUT2D eigenvalue weighted by Gasteiger charge is 2.34. The summed E-state index contributed by atoms with van der Waals surface area (Å²) >= 11 is 6.05. The van der Waals surface area contributed by atoms with Crippen LogP contribution in [0.2, 0.25) is 5.02 Å². The molecule has 0 atom stereocenters. The minimum Gasteiger partial charge on any atom is -0.496 e. The fourth-order valence-corrected chi connectivity index (χ4v) is 3.64. The average Bonchev–Trinajstić information content (AvgIpc) is 3.39. The average molecular weight is 433 g/mol. The molecule has 0 bridgehead atoms. The Bertz CT molecular complexity index is 1230. The van der Waals surface area contributed by atoms with E-state index in [-0.39, 0.29) is 12.7 Å². The molecular formula is C24H17ClN2O4. The molecule has 0 aliphatic carbocycles. The molecule has 0 radical (unpaired) electrons. The van der Waals surface area contributed by atoms with Crippen molar-refractivity contribution in [2.75, 3.05) is 18.8 Å². The third-order valence-corrected chi connectivity index (χ3v) is 5.25. The first-order chi connectivity index (χ1) is 15.1. The number of fused-ring (bicyclic) bond motifs is 1. The fraction of sp³-hybridized carbons (Fsp3) is 0.0833. The number of carbonyl (C=O) groups is 1. The van der Waals surface area contributed by atoms with E-state index in [9.17, 15) is 4.79 Å². The van der Waals surface area contributed by atoms with Gasteiger partial charge in [-0.25, -0.2) is 4.99 Å². The predicted octanol–water partition coefficient (Wildman–Crippen LogP) is 4.91. The third kappa shape index (κ3) is 3.51. The second kappa shape index (κ2) is 7.81. The quantitative estimate of drug-likeness (QED) is 0.549. The van der Waals surface area contributed by atoms with Crippen molar-refractivity contribution in [1.29, 1.82) is 0 Å². The Hall–Kier alpha value is -3.77. The molecule has 1 amide bonds. The van der Waals surface area contributed by atoms with Crippen molar-refractivity contribution >= 4 is 35.1 Å². The molecule has 0 spiro atoms. The Morgan fingerprint density at radius 1 is 1.03 bits per heavy atom. The van der Waals surface area contributed by atoms with Crippen molar-refractivity contribution in [2.45, 2.75) is 0 Å². The number of hydrogen-bond acceptors (Lipinski definition) is 5. The second-order valence-corrected chi connectivity index (χ2v) is 7.33. The summed E-state index contributed by atoms with van der Waals surface area (Å²) in [5, 5.41) is 0.585. The van der Waals surface area contributed by atoms with Gasteiger partial charge in [0.25, 0.3) is 5.91 Å². The number of amides is 1. The maximum absolute atomic E-state index is 13.4. The summed E-state index contributed by atoms with van der Waals surface area (Å²) in [4.78, 5) is 19.7. The smallest absolute Gasteiger partial charge is 0.282 e. The normalized spacial score (nSPS) is 16.1. The van der Waals surface area contributed by atoms with E-state index in [0.29, 0.717) is 45.1 Å². The van der Waals surface area contributed by atoms with E-state index in [1.54, 1.807) is 42.4 Å². The molecule has 0 N–H and O–H groups in total. The highest BCUT2D eigenvalue weighted by atomic mass is 35.5. The summed E-state index contributed by atoms with van der Waals surface area (Å²) in [5.74, 6) is 2.18. The fourth-order valence-electron chi connectivity index (χ4n) is 3.52. The van der Waals surface area contributed by atoms with Gasteiger partial charge in [0, 0.05) is 5.02 Å². The zero-order valence-corrected chi connectivity index (χ0v) is 17.3. The van der Waals surface area contributed by atoms with Crippen LogP contribution in [0.1, 0.15) is 11.1 Å². The summed E-state index contributed by atoms with van der Waals surface area (Å²) in [7, 11) is 1.59. The van der Waals surface area contributed by atoms with Crippen molar-refractivity contribution in [1.82, 2.24) is 0 Å². The number of amidine groups is 1. The maximum Gasteiger partial charge on any atom is 0.282 e. The number of aliphatic imine (C=N–C) groups is 1. The van der Waals surface area contributed by atoms with Gasteiger partial charge in [0.2, 0.25) is 6.79 Å². The predicted molar refractivity (Wildman–Crippen MR) is 119 cm³/mol. The molecule has 0 saturated carbocycles. The van der Waals surface area contributed by atoms with Crippen LogP contribution in [0.3, 0.4) is 0 Å². The van der Waals surface area contributed by atoms with Crippen molar-refractivity contribution in [2.24, 2.45) is 4.99 Å². The monoisotopic (exact) mass is 432 g/mol. The topological polar surface area (TPSA) is 60.4 Å². The number of ether oxygens (including phenoxy) is 3. The number of benzene rings is 3. The second-order valence-electron chi connectivity index (χ2n) is 6.89. The lowest BCUT2D eigenvalue weighted by Crippen LogP contribution is -2.32. The summed E-state index contributed by atoms with van der Waals surface area (Å²) in [6.07, 6.45) is 1.73. The van der Waals surface area contributed by atoms with E-state index in [1.165, 1.54) is 0 Å². The van der Waals surface area contributed by atoms with E-state index in [1.807, 2.05) is 42.5 Å². The number of rotatable bonds is 4. The molecule has 0 fully saturated rings. The van der Waals surface area contributed by atoms with Gasteiger partial charge >= 0.3 is 0 Å². The molecule has 6 nitrogen and oxygen atoms in total. The maximum atomic E-state index is 13.4.